The first-order valence-electron chi connectivity index (χ1n) is 10.3. The number of aliphatic hydroxyl groups excluding tert-OH is 1. The highest BCUT2D eigenvalue weighted by Gasteiger charge is 2.45. The molecule has 0 radical (unpaired) electrons. The summed E-state index contributed by atoms with van der Waals surface area (Å²) < 4.78 is 1.58. The fourth-order valence-corrected chi connectivity index (χ4v) is 5.55. The Bertz CT molecular complexity index is 1500. The number of thiazole rings is 1. The molecule has 4 aromatic rings. The van der Waals surface area contributed by atoms with E-state index in [0.717, 1.165) is 14.7 Å². The number of carbonyl (C=O) groups is 2. The lowest BCUT2D eigenvalue weighted by molar-refractivity contribution is -0.117. The third kappa shape index (κ3) is 4.18. The van der Waals surface area contributed by atoms with Crippen LogP contribution < -0.4 is 4.90 Å². The fourth-order valence-electron chi connectivity index (χ4n) is 3.86. The molecular weight excluding hydrogens is 536 g/mol. The van der Waals surface area contributed by atoms with Gasteiger partial charge in [0.05, 0.1) is 21.8 Å². The molecular formula is C26H16BrClN2O3S. The maximum absolute atomic E-state index is 13.3. The van der Waals surface area contributed by atoms with Gasteiger partial charge in [-0.3, -0.25) is 14.5 Å². The average molecular weight is 552 g/mol. The number of benzene rings is 3. The minimum atomic E-state index is -0.839. The van der Waals surface area contributed by atoms with E-state index in [1.165, 1.54) is 22.3 Å². The zero-order valence-electron chi connectivity index (χ0n) is 17.5. The van der Waals surface area contributed by atoms with E-state index < -0.39 is 23.5 Å². The second kappa shape index (κ2) is 9.18. The number of rotatable bonds is 5. The number of allylic oxidation sites excluding steroid dienone is 1. The molecule has 1 aliphatic rings. The summed E-state index contributed by atoms with van der Waals surface area (Å²) in [6.45, 7) is 0. The number of carbonyl (C=O) groups excluding carboxylic acids is 2. The number of hydrogen-bond acceptors (Lipinski definition) is 5. The number of aromatic nitrogens is 1. The van der Waals surface area contributed by atoms with Crippen molar-refractivity contribution >= 4 is 72.0 Å². The maximum Gasteiger partial charge on any atom is 0.296 e. The Morgan fingerprint density at radius 1 is 1.09 bits per heavy atom. The summed E-state index contributed by atoms with van der Waals surface area (Å²) in [7, 11) is 0. The lowest BCUT2D eigenvalue weighted by Gasteiger charge is -2.24. The van der Waals surface area contributed by atoms with Gasteiger partial charge in [0, 0.05) is 9.50 Å². The number of nitrogens with zero attached hydrogens (tertiary/aromatic N) is 2. The third-order valence-corrected chi connectivity index (χ3v) is 7.16. The van der Waals surface area contributed by atoms with Crippen LogP contribution in [0.25, 0.3) is 16.3 Å². The van der Waals surface area contributed by atoms with Crippen LogP contribution in [0, 0.1) is 0 Å². The molecule has 1 atom stereocenters. The van der Waals surface area contributed by atoms with Crippen LogP contribution in [0.3, 0.4) is 0 Å². The molecule has 34 heavy (non-hydrogen) atoms. The summed E-state index contributed by atoms with van der Waals surface area (Å²) >= 11 is 10.9. The summed E-state index contributed by atoms with van der Waals surface area (Å²) in [5, 5.41) is 11.8. The minimum absolute atomic E-state index is 0.00701. The summed E-state index contributed by atoms with van der Waals surface area (Å²) in [5.74, 6) is -1.71. The van der Waals surface area contributed by atoms with Crippen molar-refractivity contribution in [2.45, 2.75) is 6.04 Å². The van der Waals surface area contributed by atoms with Crippen molar-refractivity contribution in [3.63, 3.8) is 0 Å². The van der Waals surface area contributed by atoms with Gasteiger partial charge in [0.1, 0.15) is 0 Å². The van der Waals surface area contributed by atoms with E-state index in [2.05, 4.69) is 20.9 Å². The molecule has 1 aliphatic heterocycles. The van der Waals surface area contributed by atoms with Crippen LogP contribution in [0.1, 0.15) is 17.2 Å². The number of halogens is 2. The van der Waals surface area contributed by atoms with E-state index in [1.807, 2.05) is 54.6 Å². The molecule has 1 N–H and O–H groups in total. The molecule has 1 aromatic heterocycles. The van der Waals surface area contributed by atoms with E-state index >= 15 is 0 Å². The summed E-state index contributed by atoms with van der Waals surface area (Å²) in [5.41, 5.74) is 2.18. The lowest BCUT2D eigenvalue weighted by Crippen LogP contribution is -2.30. The lowest BCUT2D eigenvalue weighted by atomic mass is 9.96. The van der Waals surface area contributed by atoms with Gasteiger partial charge in [0.2, 0.25) is 0 Å². The molecule has 0 aliphatic carbocycles. The Labute approximate surface area is 212 Å². The fraction of sp³-hybridized carbons (Fsp3) is 0.0385. The number of aliphatic hydroxyl groups is 1. The van der Waals surface area contributed by atoms with Crippen molar-refractivity contribution in [3.05, 3.63) is 111 Å². The van der Waals surface area contributed by atoms with Gasteiger partial charge in [-0.05, 0) is 47.5 Å². The predicted molar refractivity (Wildman–Crippen MR) is 139 cm³/mol. The van der Waals surface area contributed by atoms with E-state index in [0.29, 0.717) is 21.2 Å². The molecule has 0 saturated carbocycles. The normalized spacial score (nSPS) is 16.2. The van der Waals surface area contributed by atoms with Crippen molar-refractivity contribution < 1.29 is 14.7 Å². The van der Waals surface area contributed by atoms with Crippen LogP contribution in [-0.4, -0.2) is 21.8 Å². The molecule has 1 unspecified atom stereocenters. The quantitative estimate of drug-likeness (QED) is 0.274. The smallest absolute Gasteiger partial charge is 0.296 e. The molecule has 0 spiro atoms. The molecule has 0 saturated heterocycles. The van der Waals surface area contributed by atoms with Crippen molar-refractivity contribution in [1.82, 2.24) is 4.98 Å². The summed E-state index contributed by atoms with van der Waals surface area (Å²) in [6.07, 6.45) is 3.04. The average Bonchev–Trinajstić information content (AvgIpc) is 3.36. The van der Waals surface area contributed by atoms with Crippen molar-refractivity contribution in [2.24, 2.45) is 0 Å². The van der Waals surface area contributed by atoms with Gasteiger partial charge in [-0.1, -0.05) is 87.4 Å². The Morgan fingerprint density at radius 3 is 2.65 bits per heavy atom. The van der Waals surface area contributed by atoms with E-state index in [-0.39, 0.29) is 5.57 Å². The monoisotopic (exact) mass is 550 g/mol. The van der Waals surface area contributed by atoms with Crippen LogP contribution in [0.5, 0.6) is 0 Å². The van der Waals surface area contributed by atoms with Crippen molar-refractivity contribution in [1.29, 1.82) is 0 Å². The van der Waals surface area contributed by atoms with Gasteiger partial charge < -0.3 is 5.11 Å². The van der Waals surface area contributed by atoms with Crippen LogP contribution in [0.4, 0.5) is 5.13 Å². The van der Waals surface area contributed by atoms with Crippen molar-refractivity contribution in [3.8, 4) is 0 Å². The first kappa shape index (κ1) is 22.5. The van der Waals surface area contributed by atoms with Gasteiger partial charge in [-0.15, -0.1) is 0 Å². The second-order valence-corrected chi connectivity index (χ2v) is 9.97. The minimum Gasteiger partial charge on any atom is -0.503 e. The molecule has 8 heteroatoms. The van der Waals surface area contributed by atoms with Crippen LogP contribution in [0.15, 0.2) is 94.7 Å². The van der Waals surface area contributed by atoms with Gasteiger partial charge in [0.25, 0.3) is 5.91 Å². The highest BCUT2D eigenvalue weighted by molar-refractivity contribution is 9.10. The largest absolute Gasteiger partial charge is 0.503 e. The zero-order chi connectivity index (χ0) is 23.8. The first-order chi connectivity index (χ1) is 16.4. The van der Waals surface area contributed by atoms with Gasteiger partial charge in [-0.25, -0.2) is 4.98 Å². The molecule has 3 aromatic carbocycles. The van der Waals surface area contributed by atoms with Crippen LogP contribution in [0.2, 0.25) is 5.02 Å². The number of amides is 1. The highest BCUT2D eigenvalue weighted by atomic mass is 79.9. The van der Waals surface area contributed by atoms with Crippen LogP contribution >= 0.6 is 38.9 Å². The highest BCUT2D eigenvalue weighted by Crippen LogP contribution is 2.44. The second-order valence-electron chi connectivity index (χ2n) is 7.61. The molecule has 5 rings (SSSR count). The van der Waals surface area contributed by atoms with Crippen LogP contribution in [-0.2, 0) is 9.59 Å². The molecule has 0 bridgehead atoms. The maximum atomic E-state index is 13.3. The Balaban J connectivity index is 1.61. The number of ketones is 1. The topological polar surface area (TPSA) is 70.5 Å². The van der Waals surface area contributed by atoms with Gasteiger partial charge in [-0.2, -0.15) is 0 Å². The third-order valence-electron chi connectivity index (χ3n) is 5.41. The molecule has 5 nitrogen and oxygen atoms in total. The van der Waals surface area contributed by atoms with Gasteiger partial charge >= 0.3 is 0 Å². The first-order valence-corrected chi connectivity index (χ1v) is 12.3. The molecule has 168 valence electrons. The number of hydrogen-bond donors (Lipinski definition) is 1. The molecule has 2 heterocycles. The van der Waals surface area contributed by atoms with E-state index in [9.17, 15) is 14.7 Å². The number of fused-ring (bicyclic) bond motifs is 1. The standard InChI is InChI=1S/C26H16BrClN2O3S/c27-17-8-4-7-16(13-17)23-22(20(31)12-9-15-5-2-1-3-6-15)24(32)25(33)30(23)26-29-19-11-10-18(28)14-21(19)34-26/h1-14,23,32H. The molecule has 0 fully saturated rings. The Kier molecular flexibility index (Phi) is 6.08. The Hall–Kier alpha value is -3.26. The van der Waals surface area contributed by atoms with E-state index in [4.69, 9.17) is 11.6 Å². The summed E-state index contributed by atoms with van der Waals surface area (Å²) in [4.78, 5) is 32.6. The summed E-state index contributed by atoms with van der Waals surface area (Å²) in [6, 6.07) is 21.1. The SMILES string of the molecule is O=C(C=Cc1ccccc1)C1=C(O)C(=O)N(c2nc3ccc(Cl)cc3s2)C1c1cccc(Br)c1. The molecule has 1 amide bonds. The predicted octanol–water partition coefficient (Wildman–Crippen LogP) is 6.89. The van der Waals surface area contributed by atoms with Crippen molar-refractivity contribution in [2.75, 3.05) is 4.90 Å². The zero-order valence-corrected chi connectivity index (χ0v) is 20.6. The van der Waals surface area contributed by atoms with Gasteiger partial charge in [0.15, 0.2) is 16.7 Å². The number of anilines is 1. The van der Waals surface area contributed by atoms with E-state index in [1.54, 1.807) is 24.3 Å². The Morgan fingerprint density at radius 2 is 1.88 bits per heavy atom.